The minimum absolute atomic E-state index is 0.270. The van der Waals surface area contributed by atoms with Gasteiger partial charge in [0, 0.05) is 18.7 Å². The van der Waals surface area contributed by atoms with Crippen LogP contribution in [0.2, 0.25) is 0 Å². The number of rotatable bonds is 9. The molecule has 0 atom stereocenters. The zero-order chi connectivity index (χ0) is 17.5. The van der Waals surface area contributed by atoms with Gasteiger partial charge in [0.25, 0.3) is 0 Å². The van der Waals surface area contributed by atoms with E-state index < -0.39 is 0 Å². The van der Waals surface area contributed by atoms with Gasteiger partial charge in [0.1, 0.15) is 5.78 Å². The topological polar surface area (TPSA) is 41.1 Å². The lowest BCUT2D eigenvalue weighted by Gasteiger charge is -2.11. The molecule has 0 aliphatic rings. The first-order valence-corrected chi connectivity index (χ1v) is 9.16. The van der Waals surface area contributed by atoms with Crippen molar-refractivity contribution in [2.24, 2.45) is 0 Å². The molecule has 0 aliphatic heterocycles. The second-order valence-electron chi connectivity index (χ2n) is 5.34. The quantitative estimate of drug-likeness (QED) is 0.486. The van der Waals surface area contributed by atoms with E-state index in [0.717, 1.165) is 44.3 Å². The number of hydrogen-bond acceptors (Lipinski definition) is 2. The molecule has 0 heterocycles. The van der Waals surface area contributed by atoms with Gasteiger partial charge in [-0.05, 0) is 56.1 Å². The fourth-order valence-electron chi connectivity index (χ4n) is 2.10. The summed E-state index contributed by atoms with van der Waals surface area (Å²) in [5.74, 6) is 0.270. The molecule has 0 saturated carbocycles. The first-order valence-electron chi connectivity index (χ1n) is 8.75. The Morgan fingerprint density at radius 2 is 1.74 bits per heavy atom. The van der Waals surface area contributed by atoms with Crippen molar-refractivity contribution in [3.8, 4) is 0 Å². The highest BCUT2D eigenvalue weighted by Gasteiger charge is 1.98. The van der Waals surface area contributed by atoms with E-state index in [1.54, 1.807) is 6.92 Å². The number of thiocarbonyl (C=S) groups is 1. The Morgan fingerprint density at radius 1 is 1.09 bits per heavy atom. The van der Waals surface area contributed by atoms with E-state index in [9.17, 15) is 4.79 Å². The molecule has 2 N–H and O–H groups in total. The Balaban J connectivity index is 0.00000232. The largest absolute Gasteiger partial charge is 0.362 e. The van der Waals surface area contributed by atoms with Crippen LogP contribution < -0.4 is 10.6 Å². The van der Waals surface area contributed by atoms with Gasteiger partial charge in [0.15, 0.2) is 5.11 Å². The minimum atomic E-state index is 0.270. The third kappa shape index (κ3) is 11.8. The van der Waals surface area contributed by atoms with Crippen LogP contribution in [0, 0.1) is 0 Å². The number of hydrogen-bond donors (Lipinski definition) is 2. The van der Waals surface area contributed by atoms with Crippen molar-refractivity contribution in [2.75, 3.05) is 11.9 Å². The molecule has 1 aromatic carbocycles. The molecule has 3 nitrogen and oxygen atoms in total. The lowest BCUT2D eigenvalue weighted by Crippen LogP contribution is -2.29. The SMILES string of the molecule is CC.CCCc1ccc(NC(=S)NCCCCCC(C)=O)cc1. The number of carbonyl (C=O) groups excluding carboxylic acids is 1. The molecule has 0 fully saturated rings. The molecule has 0 unspecified atom stereocenters. The minimum Gasteiger partial charge on any atom is -0.362 e. The molecule has 0 aliphatic carbocycles. The van der Waals surface area contributed by atoms with Crippen molar-refractivity contribution < 1.29 is 4.79 Å². The Bertz CT molecular complexity index is 443. The molecule has 1 aromatic rings. The van der Waals surface area contributed by atoms with Gasteiger partial charge >= 0.3 is 0 Å². The summed E-state index contributed by atoms with van der Waals surface area (Å²) in [5.41, 5.74) is 2.37. The van der Waals surface area contributed by atoms with Crippen molar-refractivity contribution in [3.63, 3.8) is 0 Å². The zero-order valence-electron chi connectivity index (χ0n) is 15.1. The first-order chi connectivity index (χ1) is 11.1. The van der Waals surface area contributed by atoms with E-state index in [4.69, 9.17) is 12.2 Å². The van der Waals surface area contributed by atoms with E-state index in [-0.39, 0.29) is 5.78 Å². The molecule has 130 valence electrons. The molecule has 0 spiro atoms. The summed E-state index contributed by atoms with van der Waals surface area (Å²) in [6.45, 7) is 8.67. The second kappa shape index (κ2) is 14.2. The van der Waals surface area contributed by atoms with Crippen LogP contribution in [0.3, 0.4) is 0 Å². The van der Waals surface area contributed by atoms with Crippen molar-refractivity contribution in [1.29, 1.82) is 0 Å². The average Bonchev–Trinajstić information content (AvgIpc) is 2.54. The Kier molecular flexibility index (Phi) is 13.3. The van der Waals surface area contributed by atoms with Gasteiger partial charge in [-0.2, -0.15) is 0 Å². The highest BCUT2D eigenvalue weighted by Crippen LogP contribution is 2.10. The van der Waals surface area contributed by atoms with Crippen LogP contribution in [0.1, 0.15) is 65.4 Å². The molecule has 0 radical (unpaired) electrons. The standard InChI is InChI=1S/C17H26N2OS.C2H6/c1-3-7-15-9-11-16(12-10-15)19-17(21)18-13-6-4-5-8-14(2)20;1-2/h9-12H,3-8,13H2,1-2H3,(H2,18,19,21);1-2H3. The maximum absolute atomic E-state index is 10.8. The maximum Gasteiger partial charge on any atom is 0.170 e. The number of nitrogens with one attached hydrogen (secondary N) is 2. The van der Waals surface area contributed by atoms with Crippen LogP contribution in [0.5, 0.6) is 0 Å². The molecule has 0 amide bonds. The van der Waals surface area contributed by atoms with Gasteiger partial charge in [0.2, 0.25) is 0 Å². The number of carbonyl (C=O) groups is 1. The van der Waals surface area contributed by atoms with E-state index in [1.165, 1.54) is 5.56 Å². The van der Waals surface area contributed by atoms with Gasteiger partial charge in [-0.1, -0.05) is 45.7 Å². The first kappa shape index (κ1) is 21.6. The van der Waals surface area contributed by atoms with E-state index in [1.807, 2.05) is 13.8 Å². The predicted molar refractivity (Wildman–Crippen MR) is 105 cm³/mol. The fourth-order valence-corrected chi connectivity index (χ4v) is 2.32. The molecule has 4 heteroatoms. The van der Waals surface area contributed by atoms with Crippen LogP contribution >= 0.6 is 12.2 Å². The predicted octanol–water partition coefficient (Wildman–Crippen LogP) is 5.10. The summed E-state index contributed by atoms with van der Waals surface area (Å²) in [4.78, 5) is 10.8. The van der Waals surface area contributed by atoms with Crippen LogP contribution in [-0.4, -0.2) is 17.4 Å². The lowest BCUT2D eigenvalue weighted by molar-refractivity contribution is -0.117. The van der Waals surface area contributed by atoms with E-state index in [2.05, 4.69) is 41.8 Å². The van der Waals surface area contributed by atoms with Gasteiger partial charge < -0.3 is 15.4 Å². The maximum atomic E-state index is 10.8. The summed E-state index contributed by atoms with van der Waals surface area (Å²) in [6.07, 6.45) is 6.02. The Labute approximate surface area is 147 Å². The normalized spacial score (nSPS) is 9.57. The van der Waals surface area contributed by atoms with Crippen LogP contribution in [-0.2, 0) is 11.2 Å². The van der Waals surface area contributed by atoms with Crippen LogP contribution in [0.25, 0.3) is 0 Å². The van der Waals surface area contributed by atoms with Gasteiger partial charge in [0.05, 0.1) is 0 Å². The van der Waals surface area contributed by atoms with E-state index in [0.29, 0.717) is 11.5 Å². The van der Waals surface area contributed by atoms with Crippen molar-refractivity contribution in [3.05, 3.63) is 29.8 Å². The summed E-state index contributed by atoms with van der Waals surface area (Å²) in [5, 5.41) is 7.04. The molecule has 0 saturated heterocycles. The molecule has 1 rings (SSSR count). The molecular weight excluding hydrogens is 304 g/mol. The van der Waals surface area contributed by atoms with Crippen LogP contribution in [0.15, 0.2) is 24.3 Å². The second-order valence-corrected chi connectivity index (χ2v) is 5.75. The monoisotopic (exact) mass is 336 g/mol. The van der Waals surface area contributed by atoms with Gasteiger partial charge in [-0.25, -0.2) is 0 Å². The highest BCUT2D eigenvalue weighted by atomic mass is 32.1. The van der Waals surface area contributed by atoms with E-state index >= 15 is 0 Å². The molecule has 0 aromatic heterocycles. The Morgan fingerprint density at radius 3 is 2.30 bits per heavy atom. The number of ketones is 1. The summed E-state index contributed by atoms with van der Waals surface area (Å²) < 4.78 is 0. The molecule has 0 bridgehead atoms. The number of aryl methyl sites for hydroxylation is 1. The fraction of sp³-hybridized carbons (Fsp3) is 0.579. The van der Waals surface area contributed by atoms with Crippen molar-refractivity contribution in [2.45, 2.75) is 66.2 Å². The number of Topliss-reactive ketones (excluding diaryl/α,β-unsaturated/α-hetero) is 1. The van der Waals surface area contributed by atoms with Crippen molar-refractivity contribution >= 4 is 28.8 Å². The molecular formula is C19H32N2OS. The smallest absolute Gasteiger partial charge is 0.170 e. The third-order valence-electron chi connectivity index (χ3n) is 3.24. The third-order valence-corrected chi connectivity index (χ3v) is 3.49. The summed E-state index contributed by atoms with van der Waals surface area (Å²) >= 11 is 5.26. The average molecular weight is 337 g/mol. The van der Waals surface area contributed by atoms with Gasteiger partial charge in [-0.15, -0.1) is 0 Å². The molecule has 23 heavy (non-hydrogen) atoms. The lowest BCUT2D eigenvalue weighted by atomic mass is 10.1. The number of benzene rings is 1. The zero-order valence-corrected chi connectivity index (χ0v) is 15.9. The van der Waals surface area contributed by atoms with Crippen molar-refractivity contribution in [1.82, 2.24) is 5.32 Å². The van der Waals surface area contributed by atoms with Crippen LogP contribution in [0.4, 0.5) is 5.69 Å². The Hall–Kier alpha value is -1.42. The summed E-state index contributed by atoms with van der Waals surface area (Å²) in [7, 11) is 0. The highest BCUT2D eigenvalue weighted by molar-refractivity contribution is 7.80. The summed E-state index contributed by atoms with van der Waals surface area (Å²) in [6, 6.07) is 8.39. The number of unbranched alkanes of at least 4 members (excludes halogenated alkanes) is 2. The van der Waals surface area contributed by atoms with Gasteiger partial charge in [-0.3, -0.25) is 0 Å². The number of anilines is 1.